The largest absolute Gasteiger partial charge is 0.468 e. The van der Waals surface area contributed by atoms with Gasteiger partial charge in [0.1, 0.15) is 5.78 Å². The number of carbonyl (C=O) groups is 3. The first-order valence-electron chi connectivity index (χ1n) is 9.37. The highest BCUT2D eigenvalue weighted by molar-refractivity contribution is 7.53. The van der Waals surface area contributed by atoms with Crippen LogP contribution in [0.2, 0.25) is 0 Å². The van der Waals surface area contributed by atoms with Crippen LogP contribution in [0.25, 0.3) is 0 Å². The molecule has 0 bridgehead atoms. The first-order valence-corrected chi connectivity index (χ1v) is 11.1. The Bertz CT molecular complexity index is 605. The van der Waals surface area contributed by atoms with Crippen molar-refractivity contribution in [1.82, 2.24) is 0 Å². The van der Waals surface area contributed by atoms with Gasteiger partial charge in [-0.1, -0.05) is 0 Å². The molecule has 0 aromatic heterocycles. The molecule has 3 atom stereocenters. The average molecular weight is 404 g/mol. The number of esters is 2. The number of carbonyl (C=O) groups excluding carboxylic acids is 3. The number of rotatable bonds is 8. The summed E-state index contributed by atoms with van der Waals surface area (Å²) < 4.78 is 33.7. The van der Waals surface area contributed by atoms with E-state index in [-0.39, 0.29) is 31.6 Å². The zero-order valence-corrected chi connectivity index (χ0v) is 17.3. The molecule has 0 saturated heterocycles. The van der Waals surface area contributed by atoms with Crippen LogP contribution in [0, 0.1) is 23.2 Å². The maximum Gasteiger partial charge on any atom is 0.330 e. The molecule has 1 unspecified atom stereocenters. The van der Waals surface area contributed by atoms with Crippen molar-refractivity contribution in [2.45, 2.75) is 39.5 Å². The summed E-state index contributed by atoms with van der Waals surface area (Å²) in [6, 6.07) is 0. The van der Waals surface area contributed by atoms with Gasteiger partial charge < -0.3 is 18.5 Å². The van der Waals surface area contributed by atoms with E-state index in [0.717, 1.165) is 0 Å². The van der Waals surface area contributed by atoms with Crippen molar-refractivity contribution in [3.63, 3.8) is 0 Å². The molecule has 2 fully saturated rings. The van der Waals surface area contributed by atoms with Gasteiger partial charge >= 0.3 is 19.5 Å². The number of hydrogen-bond donors (Lipinski definition) is 0. The molecule has 9 heteroatoms. The summed E-state index contributed by atoms with van der Waals surface area (Å²) in [5.74, 6) is -3.00. The zero-order valence-electron chi connectivity index (χ0n) is 16.4. The van der Waals surface area contributed by atoms with Crippen molar-refractivity contribution >= 4 is 25.3 Å². The molecule has 2 aliphatic carbocycles. The van der Waals surface area contributed by atoms with Gasteiger partial charge in [0.05, 0.1) is 33.6 Å². The number of hydrogen-bond acceptors (Lipinski definition) is 8. The fraction of sp³-hybridized carbons (Fsp3) is 0.833. The van der Waals surface area contributed by atoms with Gasteiger partial charge in [-0.3, -0.25) is 18.9 Å². The van der Waals surface area contributed by atoms with Crippen molar-refractivity contribution in [2.75, 3.05) is 33.6 Å². The summed E-state index contributed by atoms with van der Waals surface area (Å²) in [5, 5.41) is 0. The summed E-state index contributed by atoms with van der Waals surface area (Å²) in [6.07, 6.45) is 1.53. The van der Waals surface area contributed by atoms with Gasteiger partial charge in [0.25, 0.3) is 0 Å². The third-order valence-corrected chi connectivity index (χ3v) is 7.90. The van der Waals surface area contributed by atoms with Crippen LogP contribution in [-0.2, 0) is 37.5 Å². The molecule has 0 aromatic rings. The smallest absolute Gasteiger partial charge is 0.330 e. The third kappa shape index (κ3) is 3.98. The van der Waals surface area contributed by atoms with Crippen molar-refractivity contribution in [3.8, 4) is 0 Å². The molecule has 0 heterocycles. The Morgan fingerprint density at radius 3 is 2.15 bits per heavy atom. The van der Waals surface area contributed by atoms with Gasteiger partial charge in [-0.25, -0.2) is 0 Å². The minimum atomic E-state index is -3.45. The lowest BCUT2D eigenvalue weighted by Gasteiger charge is -2.34. The van der Waals surface area contributed by atoms with Crippen molar-refractivity contribution in [2.24, 2.45) is 23.2 Å². The van der Waals surface area contributed by atoms with E-state index in [4.69, 9.17) is 18.5 Å². The Morgan fingerprint density at radius 2 is 1.67 bits per heavy atom. The van der Waals surface area contributed by atoms with Gasteiger partial charge in [-0.2, -0.15) is 0 Å². The van der Waals surface area contributed by atoms with E-state index in [0.29, 0.717) is 19.3 Å². The predicted octanol–water partition coefficient (Wildman–Crippen LogP) is 2.59. The summed E-state index contributed by atoms with van der Waals surface area (Å²) in [6.45, 7) is 3.82. The van der Waals surface area contributed by atoms with Crippen LogP contribution in [0.1, 0.15) is 39.5 Å². The van der Waals surface area contributed by atoms with Crippen LogP contribution in [0.5, 0.6) is 0 Å². The maximum absolute atomic E-state index is 13.1. The summed E-state index contributed by atoms with van der Waals surface area (Å²) in [5.41, 5.74) is -1.56. The second-order valence-corrected chi connectivity index (χ2v) is 9.14. The first-order chi connectivity index (χ1) is 12.8. The van der Waals surface area contributed by atoms with E-state index in [1.165, 1.54) is 14.2 Å². The number of fused-ring (bicyclic) bond motifs is 1. The number of ketones is 1. The topological polar surface area (TPSA) is 105 Å². The zero-order chi connectivity index (χ0) is 20.2. The maximum atomic E-state index is 13.1. The molecule has 154 valence electrons. The van der Waals surface area contributed by atoms with Gasteiger partial charge in [0.15, 0.2) is 5.41 Å². The van der Waals surface area contributed by atoms with Crippen LogP contribution < -0.4 is 0 Å². The fourth-order valence-corrected chi connectivity index (χ4v) is 6.82. The normalized spacial score (nSPS) is 27.1. The van der Waals surface area contributed by atoms with Crippen LogP contribution in [0.15, 0.2) is 0 Å². The second-order valence-electron chi connectivity index (χ2n) is 7.04. The molecule has 0 aliphatic heterocycles. The lowest BCUT2D eigenvalue weighted by atomic mass is 9.68. The average Bonchev–Trinajstić information content (AvgIpc) is 2.96. The van der Waals surface area contributed by atoms with Crippen LogP contribution in [0.4, 0.5) is 0 Å². The molecule has 27 heavy (non-hydrogen) atoms. The third-order valence-electron chi connectivity index (χ3n) is 5.68. The molecule has 8 nitrogen and oxygen atoms in total. The monoisotopic (exact) mass is 404 g/mol. The van der Waals surface area contributed by atoms with Gasteiger partial charge in [0.2, 0.25) is 0 Å². The molecular formula is C18H29O8P. The molecule has 0 N–H and O–H groups in total. The molecule has 2 rings (SSSR count). The molecular weight excluding hydrogens is 375 g/mol. The molecule has 0 amide bonds. The van der Waals surface area contributed by atoms with E-state index in [1.807, 2.05) is 0 Å². The molecule has 0 spiro atoms. The molecule has 2 aliphatic rings. The highest BCUT2D eigenvalue weighted by atomic mass is 31.2. The van der Waals surface area contributed by atoms with Gasteiger partial charge in [-0.15, -0.1) is 0 Å². The standard InChI is InChI=1S/C18H29O8P/c1-5-25-27(22,26-6-2)11-12-10-18(16(20)23-3,17(21)24-4)13-8-7-9-14(19)15(12)13/h12-13,15H,5-11H2,1-4H3/t12?,13-,15-/m0/s1. The lowest BCUT2D eigenvalue weighted by molar-refractivity contribution is -0.173. The Balaban J connectivity index is 2.46. The van der Waals surface area contributed by atoms with Gasteiger partial charge in [0, 0.05) is 12.3 Å². The number of Topliss-reactive ketones (excluding diaryl/α,β-unsaturated/α-hetero) is 1. The minimum absolute atomic E-state index is 0.0165. The lowest BCUT2D eigenvalue weighted by Crippen LogP contribution is -2.47. The highest BCUT2D eigenvalue weighted by Gasteiger charge is 2.66. The predicted molar refractivity (Wildman–Crippen MR) is 96.1 cm³/mol. The Hall–Kier alpha value is -1.24. The Labute approximate surface area is 159 Å². The second kappa shape index (κ2) is 8.84. The number of methoxy groups -OCH3 is 2. The summed E-state index contributed by atoms with van der Waals surface area (Å²) in [7, 11) is -1.02. The van der Waals surface area contributed by atoms with E-state index >= 15 is 0 Å². The molecule has 0 aromatic carbocycles. The quantitative estimate of drug-likeness (QED) is 0.345. The van der Waals surface area contributed by atoms with Crippen molar-refractivity contribution in [1.29, 1.82) is 0 Å². The van der Waals surface area contributed by atoms with E-state index in [2.05, 4.69) is 0 Å². The highest BCUT2D eigenvalue weighted by Crippen LogP contribution is 2.61. The van der Waals surface area contributed by atoms with E-state index in [1.54, 1.807) is 13.8 Å². The van der Waals surface area contributed by atoms with Crippen molar-refractivity contribution in [3.05, 3.63) is 0 Å². The van der Waals surface area contributed by atoms with Crippen molar-refractivity contribution < 1.29 is 37.5 Å². The minimum Gasteiger partial charge on any atom is -0.468 e. The van der Waals surface area contributed by atoms with E-state index < -0.39 is 42.7 Å². The number of ether oxygens (including phenoxy) is 2. The summed E-state index contributed by atoms with van der Waals surface area (Å²) in [4.78, 5) is 38.1. The Morgan fingerprint density at radius 1 is 1.11 bits per heavy atom. The fourth-order valence-electron chi connectivity index (χ4n) is 4.82. The van der Waals surface area contributed by atoms with E-state index in [9.17, 15) is 18.9 Å². The Kier molecular flexibility index (Phi) is 7.22. The van der Waals surface area contributed by atoms with Crippen LogP contribution in [-0.4, -0.2) is 51.3 Å². The van der Waals surface area contributed by atoms with Gasteiger partial charge in [-0.05, 0) is 44.9 Å². The van der Waals surface area contributed by atoms with Crippen LogP contribution >= 0.6 is 7.60 Å². The SMILES string of the molecule is CCOP(=O)(CC1CC(C(=O)OC)(C(=O)OC)[C@H]2CCCC(=O)[C@@H]12)OCC. The molecule has 2 saturated carbocycles. The molecule has 0 radical (unpaired) electrons. The summed E-state index contributed by atoms with van der Waals surface area (Å²) >= 11 is 0. The first kappa shape index (κ1) is 22.1. The van der Waals surface area contributed by atoms with Crippen LogP contribution in [0.3, 0.4) is 0 Å².